The fraction of sp³-hybridized carbons (Fsp3) is 0.400. The number of aromatic nitrogens is 1. The standard InChI is InChI=1S/C10H12N2O/c13-10-6-9(7-12-10)5-8-1-3-11-4-2-8/h1-4,9H,5-7H2,(H,12,13). The monoisotopic (exact) mass is 176 g/mol. The van der Waals surface area contributed by atoms with Crippen molar-refractivity contribution in [2.45, 2.75) is 12.8 Å². The van der Waals surface area contributed by atoms with Gasteiger partial charge in [-0.15, -0.1) is 0 Å². The molecule has 1 saturated heterocycles. The van der Waals surface area contributed by atoms with Gasteiger partial charge in [0.25, 0.3) is 0 Å². The number of nitrogens with zero attached hydrogens (tertiary/aromatic N) is 1. The van der Waals surface area contributed by atoms with Gasteiger partial charge in [0.05, 0.1) is 0 Å². The molecule has 1 aromatic heterocycles. The van der Waals surface area contributed by atoms with Gasteiger partial charge in [-0.2, -0.15) is 0 Å². The fourth-order valence-electron chi connectivity index (χ4n) is 1.66. The zero-order valence-corrected chi connectivity index (χ0v) is 7.36. The van der Waals surface area contributed by atoms with E-state index in [-0.39, 0.29) is 5.91 Å². The van der Waals surface area contributed by atoms with Crippen LogP contribution in [0.2, 0.25) is 0 Å². The van der Waals surface area contributed by atoms with E-state index in [1.165, 1.54) is 5.56 Å². The predicted octanol–water partition coefficient (Wildman–Crippen LogP) is 0.760. The normalized spacial score (nSPS) is 21.5. The molecule has 1 N–H and O–H groups in total. The summed E-state index contributed by atoms with van der Waals surface area (Å²) in [6.07, 6.45) is 5.22. The highest BCUT2D eigenvalue weighted by atomic mass is 16.1. The summed E-state index contributed by atoms with van der Waals surface area (Å²) in [5, 5.41) is 2.84. The van der Waals surface area contributed by atoms with Crippen molar-refractivity contribution in [1.82, 2.24) is 10.3 Å². The van der Waals surface area contributed by atoms with Crippen LogP contribution in [0.1, 0.15) is 12.0 Å². The minimum atomic E-state index is 0.180. The summed E-state index contributed by atoms with van der Waals surface area (Å²) in [5.74, 6) is 0.647. The Morgan fingerprint density at radius 3 is 2.85 bits per heavy atom. The third-order valence-corrected chi connectivity index (χ3v) is 2.34. The van der Waals surface area contributed by atoms with E-state index in [0.717, 1.165) is 13.0 Å². The van der Waals surface area contributed by atoms with Gasteiger partial charge in [0.2, 0.25) is 5.91 Å². The molecule has 3 nitrogen and oxygen atoms in total. The molecule has 0 radical (unpaired) electrons. The average Bonchev–Trinajstić information content (AvgIpc) is 2.53. The van der Waals surface area contributed by atoms with Gasteiger partial charge in [-0.1, -0.05) is 0 Å². The Hall–Kier alpha value is -1.38. The maximum absolute atomic E-state index is 10.9. The molecular formula is C10H12N2O. The Kier molecular flexibility index (Phi) is 2.25. The number of amides is 1. The molecule has 1 aliphatic rings. The topological polar surface area (TPSA) is 42.0 Å². The van der Waals surface area contributed by atoms with Gasteiger partial charge in [0.15, 0.2) is 0 Å². The van der Waals surface area contributed by atoms with Gasteiger partial charge in [-0.25, -0.2) is 0 Å². The number of hydrogen-bond donors (Lipinski definition) is 1. The molecule has 0 spiro atoms. The van der Waals surface area contributed by atoms with Crippen LogP contribution in [0, 0.1) is 5.92 Å². The summed E-state index contributed by atoms with van der Waals surface area (Å²) in [7, 11) is 0. The summed E-state index contributed by atoms with van der Waals surface area (Å²) in [5.41, 5.74) is 1.26. The van der Waals surface area contributed by atoms with E-state index < -0.39 is 0 Å². The van der Waals surface area contributed by atoms with E-state index in [9.17, 15) is 4.79 Å². The lowest BCUT2D eigenvalue weighted by Crippen LogP contribution is -2.14. The average molecular weight is 176 g/mol. The molecule has 68 valence electrons. The summed E-state index contributed by atoms with van der Waals surface area (Å²) in [6, 6.07) is 4.01. The number of nitrogens with one attached hydrogen (secondary N) is 1. The number of hydrogen-bond acceptors (Lipinski definition) is 2. The van der Waals surface area contributed by atoms with Crippen LogP contribution in [0.15, 0.2) is 24.5 Å². The molecule has 1 aliphatic heterocycles. The van der Waals surface area contributed by atoms with E-state index in [2.05, 4.69) is 10.3 Å². The van der Waals surface area contributed by atoms with Crippen molar-refractivity contribution in [3.63, 3.8) is 0 Å². The molecular weight excluding hydrogens is 164 g/mol. The van der Waals surface area contributed by atoms with Crippen LogP contribution in [-0.4, -0.2) is 17.4 Å². The molecule has 0 aromatic carbocycles. The Bertz CT molecular complexity index is 297. The lowest BCUT2D eigenvalue weighted by atomic mass is 9.99. The molecule has 1 unspecified atom stereocenters. The summed E-state index contributed by atoms with van der Waals surface area (Å²) in [4.78, 5) is 14.9. The molecule has 1 amide bonds. The summed E-state index contributed by atoms with van der Waals surface area (Å²) >= 11 is 0. The first-order valence-corrected chi connectivity index (χ1v) is 4.50. The first-order chi connectivity index (χ1) is 6.34. The van der Waals surface area contributed by atoms with Crippen LogP contribution in [0.3, 0.4) is 0 Å². The van der Waals surface area contributed by atoms with Crippen molar-refractivity contribution >= 4 is 5.91 Å². The third kappa shape index (κ3) is 2.05. The van der Waals surface area contributed by atoms with Crippen LogP contribution in [0.4, 0.5) is 0 Å². The van der Waals surface area contributed by atoms with Crippen LogP contribution in [-0.2, 0) is 11.2 Å². The van der Waals surface area contributed by atoms with E-state index in [1.54, 1.807) is 12.4 Å². The Labute approximate surface area is 77.2 Å². The van der Waals surface area contributed by atoms with Crippen molar-refractivity contribution in [1.29, 1.82) is 0 Å². The SMILES string of the molecule is O=C1CC(Cc2ccncc2)CN1. The first kappa shape index (κ1) is 8.23. The molecule has 2 rings (SSSR count). The first-order valence-electron chi connectivity index (χ1n) is 4.50. The minimum Gasteiger partial charge on any atom is -0.356 e. The van der Waals surface area contributed by atoms with Gasteiger partial charge in [0.1, 0.15) is 0 Å². The van der Waals surface area contributed by atoms with Gasteiger partial charge in [-0.3, -0.25) is 9.78 Å². The van der Waals surface area contributed by atoms with Gasteiger partial charge >= 0.3 is 0 Å². The molecule has 13 heavy (non-hydrogen) atoms. The third-order valence-electron chi connectivity index (χ3n) is 2.34. The largest absolute Gasteiger partial charge is 0.356 e. The highest BCUT2D eigenvalue weighted by Gasteiger charge is 2.21. The fourth-order valence-corrected chi connectivity index (χ4v) is 1.66. The zero-order valence-electron chi connectivity index (χ0n) is 7.36. The van der Waals surface area contributed by atoms with Crippen LogP contribution >= 0.6 is 0 Å². The molecule has 0 saturated carbocycles. The van der Waals surface area contributed by atoms with E-state index in [4.69, 9.17) is 0 Å². The molecule has 1 aromatic rings. The second-order valence-corrected chi connectivity index (χ2v) is 3.43. The highest BCUT2D eigenvalue weighted by molar-refractivity contribution is 5.78. The van der Waals surface area contributed by atoms with Gasteiger partial charge in [-0.05, 0) is 30.0 Å². The van der Waals surface area contributed by atoms with E-state index >= 15 is 0 Å². The van der Waals surface area contributed by atoms with Crippen LogP contribution in [0.5, 0.6) is 0 Å². The van der Waals surface area contributed by atoms with Crippen molar-refractivity contribution in [2.24, 2.45) is 5.92 Å². The molecule has 3 heteroatoms. The zero-order chi connectivity index (χ0) is 9.10. The molecule has 1 atom stereocenters. The predicted molar refractivity (Wildman–Crippen MR) is 49.1 cm³/mol. The highest BCUT2D eigenvalue weighted by Crippen LogP contribution is 2.14. The number of rotatable bonds is 2. The second kappa shape index (κ2) is 3.56. The summed E-state index contributed by atoms with van der Waals surface area (Å²) < 4.78 is 0. The van der Waals surface area contributed by atoms with Crippen molar-refractivity contribution in [3.05, 3.63) is 30.1 Å². The second-order valence-electron chi connectivity index (χ2n) is 3.43. The maximum atomic E-state index is 10.9. The number of carbonyl (C=O) groups excluding carboxylic acids is 1. The Morgan fingerprint density at radius 1 is 1.46 bits per heavy atom. The number of carbonyl (C=O) groups is 1. The molecule has 1 fully saturated rings. The molecule has 0 bridgehead atoms. The van der Waals surface area contributed by atoms with Crippen molar-refractivity contribution in [3.8, 4) is 0 Å². The van der Waals surface area contributed by atoms with Crippen molar-refractivity contribution in [2.75, 3.05) is 6.54 Å². The Balaban J connectivity index is 1.96. The lowest BCUT2D eigenvalue weighted by molar-refractivity contribution is -0.119. The lowest BCUT2D eigenvalue weighted by Gasteiger charge is -2.05. The summed E-state index contributed by atoms with van der Waals surface area (Å²) in [6.45, 7) is 0.821. The maximum Gasteiger partial charge on any atom is 0.220 e. The van der Waals surface area contributed by atoms with Gasteiger partial charge < -0.3 is 5.32 Å². The van der Waals surface area contributed by atoms with E-state index in [1.807, 2.05) is 12.1 Å². The molecule has 2 heterocycles. The van der Waals surface area contributed by atoms with Crippen molar-refractivity contribution < 1.29 is 4.79 Å². The quantitative estimate of drug-likeness (QED) is 0.722. The number of pyridine rings is 1. The molecule has 0 aliphatic carbocycles. The Morgan fingerprint density at radius 2 is 2.23 bits per heavy atom. The smallest absolute Gasteiger partial charge is 0.220 e. The van der Waals surface area contributed by atoms with E-state index in [0.29, 0.717) is 12.3 Å². The van der Waals surface area contributed by atoms with Crippen LogP contribution < -0.4 is 5.32 Å². The minimum absolute atomic E-state index is 0.180. The van der Waals surface area contributed by atoms with Gasteiger partial charge in [0, 0.05) is 25.4 Å². The van der Waals surface area contributed by atoms with Crippen LogP contribution in [0.25, 0.3) is 0 Å².